The van der Waals surface area contributed by atoms with E-state index in [-0.39, 0.29) is 0 Å². The minimum Gasteiger partial charge on any atom is -0.478 e. The number of anilines is 1. The fraction of sp³-hybridized carbons (Fsp3) is 0.300. The number of rotatable bonds is 11. The maximum Gasteiger partial charge on any atom is 0.328 e. The van der Waals surface area contributed by atoms with Crippen LogP contribution in [0.5, 0.6) is 0 Å². The van der Waals surface area contributed by atoms with E-state index >= 15 is 0 Å². The number of benzene rings is 1. The Kier molecular flexibility index (Phi) is 20.1. The molecule has 1 aliphatic heterocycles. The topological polar surface area (TPSA) is 246 Å². The molecule has 0 unspecified atom stereocenters. The van der Waals surface area contributed by atoms with Crippen LogP contribution in [-0.4, -0.2) is 135 Å². The van der Waals surface area contributed by atoms with Crippen molar-refractivity contribution in [3.8, 4) is 0 Å². The first-order chi connectivity index (χ1) is 21.6. The van der Waals surface area contributed by atoms with Gasteiger partial charge in [0.25, 0.3) is 0 Å². The molecule has 46 heavy (non-hydrogen) atoms. The van der Waals surface area contributed by atoms with Crippen LogP contribution in [0.1, 0.15) is 6.42 Å². The second-order valence-corrected chi connectivity index (χ2v) is 9.36. The molecule has 0 radical (unpaired) electrons. The van der Waals surface area contributed by atoms with E-state index in [1.807, 2.05) is 6.20 Å². The summed E-state index contributed by atoms with van der Waals surface area (Å²) in [7, 11) is 4.29. The van der Waals surface area contributed by atoms with Crippen molar-refractivity contribution in [1.82, 2.24) is 14.8 Å². The standard InChI is InChI=1S/C18H26N4.3C4H4O4/c1-20(2)10-5-11-21-12-14-22(15-13-21)18-8-9-19-17-7-4-3-6-16(17)18;3*5-3(6)1-2-4(7)8/h3-4,6-9H,5,10-15H2,1-2H3;3*1-2H,(H,5,6)(H,7,8). The molecule has 1 aliphatic rings. The lowest BCUT2D eigenvalue weighted by Crippen LogP contribution is -2.47. The Morgan fingerprint density at radius 1 is 0.674 bits per heavy atom. The molecule has 250 valence electrons. The SMILES string of the molecule is CN(C)CCCN1CCN(c2ccnc3ccccc23)CC1.O=C(O)C=CC(=O)O.O=C(O)C=CC(=O)O.O=C(O)C=CC(=O)O. The summed E-state index contributed by atoms with van der Waals surface area (Å²) < 4.78 is 0. The van der Waals surface area contributed by atoms with Crippen molar-refractivity contribution < 1.29 is 59.4 Å². The molecule has 0 amide bonds. The highest BCUT2D eigenvalue weighted by Crippen LogP contribution is 2.25. The Bertz CT molecular complexity index is 1260. The van der Waals surface area contributed by atoms with Gasteiger partial charge in [0.1, 0.15) is 0 Å². The molecule has 1 aromatic heterocycles. The van der Waals surface area contributed by atoms with E-state index < -0.39 is 35.8 Å². The molecule has 0 bridgehead atoms. The molecule has 1 saturated heterocycles. The van der Waals surface area contributed by atoms with Crippen LogP contribution in [0.3, 0.4) is 0 Å². The molecule has 0 aliphatic carbocycles. The number of piperazine rings is 1. The summed E-state index contributed by atoms with van der Waals surface area (Å²) in [6.45, 7) is 6.92. The van der Waals surface area contributed by atoms with Gasteiger partial charge in [-0.1, -0.05) is 18.2 Å². The Morgan fingerprint density at radius 3 is 1.48 bits per heavy atom. The molecule has 0 spiro atoms. The largest absolute Gasteiger partial charge is 0.478 e. The van der Waals surface area contributed by atoms with E-state index in [4.69, 9.17) is 30.6 Å². The number of carbonyl (C=O) groups is 6. The van der Waals surface area contributed by atoms with E-state index in [9.17, 15) is 28.8 Å². The third-order valence-electron chi connectivity index (χ3n) is 5.52. The van der Waals surface area contributed by atoms with Gasteiger partial charge in [-0.25, -0.2) is 28.8 Å². The number of para-hydroxylation sites is 1. The van der Waals surface area contributed by atoms with Crippen LogP contribution in [-0.2, 0) is 28.8 Å². The maximum atomic E-state index is 9.55. The zero-order valence-corrected chi connectivity index (χ0v) is 25.3. The molecule has 3 rings (SSSR count). The lowest BCUT2D eigenvalue weighted by atomic mass is 10.1. The number of aromatic nitrogens is 1. The highest BCUT2D eigenvalue weighted by molar-refractivity contribution is 5.92. The molecular formula is C30H38N4O12. The highest BCUT2D eigenvalue weighted by Gasteiger charge is 2.18. The van der Waals surface area contributed by atoms with Crippen LogP contribution in [0.25, 0.3) is 10.9 Å². The first kappa shape index (κ1) is 40.4. The van der Waals surface area contributed by atoms with Crippen molar-refractivity contribution >= 4 is 52.4 Å². The van der Waals surface area contributed by atoms with Crippen molar-refractivity contribution in [2.24, 2.45) is 0 Å². The number of nitrogens with zero attached hydrogens (tertiary/aromatic N) is 4. The van der Waals surface area contributed by atoms with Crippen molar-refractivity contribution in [3.63, 3.8) is 0 Å². The van der Waals surface area contributed by atoms with Crippen molar-refractivity contribution in [1.29, 1.82) is 0 Å². The molecule has 16 heteroatoms. The van der Waals surface area contributed by atoms with E-state index in [0.29, 0.717) is 36.5 Å². The minimum absolute atomic E-state index is 0.558. The first-order valence-electron chi connectivity index (χ1n) is 13.5. The lowest BCUT2D eigenvalue weighted by molar-refractivity contribution is -0.134. The summed E-state index contributed by atoms with van der Waals surface area (Å²) in [5.41, 5.74) is 2.42. The molecule has 1 fully saturated rings. The van der Waals surface area contributed by atoms with Crippen LogP contribution in [0.2, 0.25) is 0 Å². The van der Waals surface area contributed by atoms with Gasteiger partial charge < -0.3 is 40.4 Å². The maximum absolute atomic E-state index is 9.55. The summed E-state index contributed by atoms with van der Waals surface area (Å²) in [5, 5.41) is 48.1. The summed E-state index contributed by atoms with van der Waals surface area (Å²) in [4.78, 5) is 69.1. The third-order valence-corrected chi connectivity index (χ3v) is 5.52. The van der Waals surface area contributed by atoms with Crippen molar-refractivity contribution in [3.05, 3.63) is 73.0 Å². The van der Waals surface area contributed by atoms with Crippen LogP contribution in [0.4, 0.5) is 5.69 Å². The second-order valence-electron chi connectivity index (χ2n) is 9.36. The van der Waals surface area contributed by atoms with Gasteiger partial charge >= 0.3 is 35.8 Å². The summed E-state index contributed by atoms with van der Waals surface area (Å²) >= 11 is 0. The monoisotopic (exact) mass is 646 g/mol. The van der Waals surface area contributed by atoms with Gasteiger partial charge in [-0.2, -0.15) is 0 Å². The number of fused-ring (bicyclic) bond motifs is 1. The summed E-state index contributed by atoms with van der Waals surface area (Å²) in [6, 6.07) is 10.6. The smallest absolute Gasteiger partial charge is 0.328 e. The predicted molar refractivity (Wildman–Crippen MR) is 167 cm³/mol. The molecule has 6 N–H and O–H groups in total. The number of carboxylic acid groups (broad SMARTS) is 6. The van der Waals surface area contributed by atoms with E-state index in [0.717, 1.165) is 31.7 Å². The molecule has 2 aromatic rings. The summed E-state index contributed by atoms with van der Waals surface area (Å²) in [5.74, 6) is -7.54. The van der Waals surface area contributed by atoms with E-state index in [1.54, 1.807) is 0 Å². The van der Waals surface area contributed by atoms with Gasteiger partial charge in [-0.05, 0) is 45.7 Å². The van der Waals surface area contributed by atoms with Gasteiger partial charge in [0.2, 0.25) is 0 Å². The lowest BCUT2D eigenvalue weighted by Gasteiger charge is -2.36. The molecule has 1 aromatic carbocycles. The van der Waals surface area contributed by atoms with Crippen LogP contribution < -0.4 is 4.90 Å². The zero-order chi connectivity index (χ0) is 35.1. The summed E-state index contributed by atoms with van der Waals surface area (Å²) in [6.07, 6.45) is 6.53. The van der Waals surface area contributed by atoms with Crippen molar-refractivity contribution in [2.75, 3.05) is 58.3 Å². The Labute approximate surface area is 264 Å². The van der Waals surface area contributed by atoms with Crippen LogP contribution in [0.15, 0.2) is 73.0 Å². The first-order valence-corrected chi connectivity index (χ1v) is 13.5. The number of hydrogen-bond donors (Lipinski definition) is 6. The highest BCUT2D eigenvalue weighted by atomic mass is 16.4. The zero-order valence-electron chi connectivity index (χ0n) is 25.3. The number of pyridine rings is 1. The van der Waals surface area contributed by atoms with Gasteiger partial charge in [0, 0.05) is 79.9 Å². The number of hydrogen-bond acceptors (Lipinski definition) is 10. The Balaban J connectivity index is 0.000000699. The molecule has 0 atom stereocenters. The third kappa shape index (κ3) is 21.1. The Morgan fingerprint density at radius 2 is 1.09 bits per heavy atom. The molecule has 2 heterocycles. The minimum atomic E-state index is -1.26. The van der Waals surface area contributed by atoms with Crippen LogP contribution >= 0.6 is 0 Å². The molecule has 0 saturated carbocycles. The van der Waals surface area contributed by atoms with Gasteiger partial charge in [0.05, 0.1) is 5.52 Å². The fourth-order valence-electron chi connectivity index (χ4n) is 3.61. The Hall–Kier alpha value is -5.61. The molecule has 16 nitrogen and oxygen atoms in total. The van der Waals surface area contributed by atoms with E-state index in [1.165, 1.54) is 30.6 Å². The fourth-order valence-corrected chi connectivity index (χ4v) is 3.61. The second kappa shape index (κ2) is 22.9. The predicted octanol–water partition coefficient (Wildman–Crippen LogP) is 1.44. The number of aliphatic carboxylic acids is 6. The van der Waals surface area contributed by atoms with E-state index in [2.05, 4.69) is 64.1 Å². The van der Waals surface area contributed by atoms with Gasteiger partial charge in [-0.15, -0.1) is 0 Å². The van der Waals surface area contributed by atoms with Gasteiger partial charge in [0.15, 0.2) is 0 Å². The quantitative estimate of drug-likeness (QED) is 0.189. The van der Waals surface area contributed by atoms with Crippen LogP contribution in [0, 0.1) is 0 Å². The van der Waals surface area contributed by atoms with Crippen molar-refractivity contribution in [2.45, 2.75) is 6.42 Å². The number of carboxylic acids is 6. The average Bonchev–Trinajstić information content (AvgIpc) is 2.99. The molecular weight excluding hydrogens is 608 g/mol. The average molecular weight is 647 g/mol. The van der Waals surface area contributed by atoms with Gasteiger partial charge in [-0.3, -0.25) is 9.88 Å². The normalized spacial score (nSPS) is 12.9.